The molecule has 4 nitrogen and oxygen atoms in total. The molecule has 0 aliphatic carbocycles. The topological polar surface area (TPSA) is 47.7 Å². The van der Waals surface area contributed by atoms with E-state index in [1.807, 2.05) is 0 Å². The molecule has 0 saturated heterocycles. The average Bonchev–Trinajstić information content (AvgIpc) is 2.45. The zero-order chi connectivity index (χ0) is 15.7. The van der Waals surface area contributed by atoms with Crippen LogP contribution in [0.2, 0.25) is 0 Å². The van der Waals surface area contributed by atoms with Crippen molar-refractivity contribution in [1.82, 2.24) is 4.90 Å². The first kappa shape index (κ1) is 18.1. The number of methoxy groups -OCH3 is 2. The van der Waals surface area contributed by atoms with E-state index in [9.17, 15) is 0 Å². The standard InChI is InChI=1S/C17H30N2O2/c1-14-11-15(2)13-16(12-14)17(18)5-6-19(7-9-20-3)8-10-21-4/h11-13,17H,5-10,18H2,1-4H3. The molecule has 1 unspecified atom stereocenters. The van der Waals surface area contributed by atoms with E-state index in [1.54, 1.807) is 14.2 Å². The maximum Gasteiger partial charge on any atom is 0.0589 e. The minimum Gasteiger partial charge on any atom is -0.383 e. The lowest BCUT2D eigenvalue weighted by atomic mass is 9.99. The quantitative estimate of drug-likeness (QED) is 0.719. The van der Waals surface area contributed by atoms with Crippen LogP contribution in [0, 0.1) is 13.8 Å². The van der Waals surface area contributed by atoms with Crippen LogP contribution in [0.25, 0.3) is 0 Å². The summed E-state index contributed by atoms with van der Waals surface area (Å²) in [4.78, 5) is 2.34. The second kappa shape index (κ2) is 9.90. The third-order valence-corrected chi connectivity index (χ3v) is 3.65. The molecule has 0 bridgehead atoms. The highest BCUT2D eigenvalue weighted by molar-refractivity contribution is 5.30. The van der Waals surface area contributed by atoms with Gasteiger partial charge in [-0.3, -0.25) is 4.90 Å². The SMILES string of the molecule is COCCN(CCOC)CCC(N)c1cc(C)cc(C)c1. The Hall–Kier alpha value is -0.940. The number of benzene rings is 1. The van der Waals surface area contributed by atoms with Crippen molar-refractivity contribution in [1.29, 1.82) is 0 Å². The van der Waals surface area contributed by atoms with Gasteiger partial charge in [0.1, 0.15) is 0 Å². The van der Waals surface area contributed by atoms with E-state index in [1.165, 1.54) is 16.7 Å². The second-order valence-electron chi connectivity index (χ2n) is 5.64. The van der Waals surface area contributed by atoms with Gasteiger partial charge in [-0.25, -0.2) is 0 Å². The Morgan fingerprint density at radius 2 is 1.48 bits per heavy atom. The van der Waals surface area contributed by atoms with Crippen molar-refractivity contribution < 1.29 is 9.47 Å². The first-order valence-electron chi connectivity index (χ1n) is 7.60. The summed E-state index contributed by atoms with van der Waals surface area (Å²) in [5.41, 5.74) is 10.1. The maximum absolute atomic E-state index is 6.35. The van der Waals surface area contributed by atoms with Crippen LogP contribution < -0.4 is 5.73 Å². The minimum absolute atomic E-state index is 0.0798. The van der Waals surface area contributed by atoms with Crippen LogP contribution in [-0.4, -0.2) is 52.0 Å². The van der Waals surface area contributed by atoms with E-state index in [-0.39, 0.29) is 6.04 Å². The van der Waals surface area contributed by atoms with Crippen LogP contribution in [0.4, 0.5) is 0 Å². The van der Waals surface area contributed by atoms with Gasteiger partial charge in [-0.2, -0.15) is 0 Å². The van der Waals surface area contributed by atoms with Crippen molar-refractivity contribution >= 4 is 0 Å². The molecule has 0 fully saturated rings. The van der Waals surface area contributed by atoms with Crippen molar-refractivity contribution in [3.05, 3.63) is 34.9 Å². The van der Waals surface area contributed by atoms with Gasteiger partial charge in [0.15, 0.2) is 0 Å². The molecule has 0 saturated carbocycles. The van der Waals surface area contributed by atoms with Crippen molar-refractivity contribution in [2.24, 2.45) is 5.73 Å². The monoisotopic (exact) mass is 294 g/mol. The maximum atomic E-state index is 6.35. The number of aryl methyl sites for hydroxylation is 2. The predicted molar refractivity (Wildman–Crippen MR) is 87.7 cm³/mol. The van der Waals surface area contributed by atoms with Crippen LogP contribution in [0.5, 0.6) is 0 Å². The van der Waals surface area contributed by atoms with E-state index in [4.69, 9.17) is 15.2 Å². The molecule has 1 rings (SSSR count). The van der Waals surface area contributed by atoms with Crippen molar-refractivity contribution in [3.8, 4) is 0 Å². The van der Waals surface area contributed by atoms with Gasteiger partial charge in [0.05, 0.1) is 13.2 Å². The second-order valence-corrected chi connectivity index (χ2v) is 5.64. The molecular formula is C17H30N2O2. The molecule has 0 aliphatic heterocycles. The Morgan fingerprint density at radius 1 is 0.952 bits per heavy atom. The van der Waals surface area contributed by atoms with Crippen LogP contribution in [0.1, 0.15) is 29.2 Å². The third kappa shape index (κ3) is 7.05. The summed E-state index contributed by atoms with van der Waals surface area (Å²) in [6.45, 7) is 8.50. The number of hydrogen-bond acceptors (Lipinski definition) is 4. The van der Waals surface area contributed by atoms with Gasteiger partial charge in [-0.15, -0.1) is 0 Å². The fraction of sp³-hybridized carbons (Fsp3) is 0.647. The van der Waals surface area contributed by atoms with Gasteiger partial charge in [-0.1, -0.05) is 29.3 Å². The summed E-state index contributed by atoms with van der Waals surface area (Å²) >= 11 is 0. The molecule has 1 atom stereocenters. The van der Waals surface area contributed by atoms with Crippen LogP contribution in [0.15, 0.2) is 18.2 Å². The van der Waals surface area contributed by atoms with Gasteiger partial charge >= 0.3 is 0 Å². The molecular weight excluding hydrogens is 264 g/mol. The van der Waals surface area contributed by atoms with Gasteiger partial charge in [0.2, 0.25) is 0 Å². The molecule has 0 amide bonds. The lowest BCUT2D eigenvalue weighted by Crippen LogP contribution is -2.33. The van der Waals surface area contributed by atoms with Crippen LogP contribution >= 0.6 is 0 Å². The fourth-order valence-corrected chi connectivity index (χ4v) is 2.49. The average molecular weight is 294 g/mol. The largest absolute Gasteiger partial charge is 0.383 e. The molecule has 0 aromatic heterocycles. The van der Waals surface area contributed by atoms with E-state index in [0.29, 0.717) is 0 Å². The van der Waals surface area contributed by atoms with Crippen molar-refractivity contribution in [3.63, 3.8) is 0 Å². The van der Waals surface area contributed by atoms with Crippen molar-refractivity contribution in [2.75, 3.05) is 47.1 Å². The number of hydrogen-bond donors (Lipinski definition) is 1. The highest BCUT2D eigenvalue weighted by Crippen LogP contribution is 2.18. The van der Waals surface area contributed by atoms with E-state index < -0.39 is 0 Å². The van der Waals surface area contributed by atoms with Gasteiger partial charge < -0.3 is 15.2 Å². The molecule has 120 valence electrons. The Kier molecular flexibility index (Phi) is 8.54. The highest BCUT2D eigenvalue weighted by Gasteiger charge is 2.11. The summed E-state index contributed by atoms with van der Waals surface area (Å²) in [5, 5.41) is 0. The van der Waals surface area contributed by atoms with E-state index >= 15 is 0 Å². The van der Waals surface area contributed by atoms with Gasteiger partial charge in [-0.05, 0) is 25.8 Å². The number of rotatable bonds is 10. The zero-order valence-corrected chi connectivity index (χ0v) is 13.9. The Bertz CT molecular complexity index is 382. The summed E-state index contributed by atoms with van der Waals surface area (Å²) in [6.07, 6.45) is 0.941. The molecule has 0 heterocycles. The number of nitrogens with two attached hydrogens (primary N) is 1. The zero-order valence-electron chi connectivity index (χ0n) is 13.9. The minimum atomic E-state index is 0.0798. The highest BCUT2D eigenvalue weighted by atomic mass is 16.5. The third-order valence-electron chi connectivity index (χ3n) is 3.65. The lowest BCUT2D eigenvalue weighted by molar-refractivity contribution is 0.112. The Morgan fingerprint density at radius 3 is 1.95 bits per heavy atom. The van der Waals surface area contributed by atoms with Crippen LogP contribution in [-0.2, 0) is 9.47 Å². The van der Waals surface area contributed by atoms with E-state index in [0.717, 1.165) is 39.3 Å². The molecule has 1 aromatic rings. The van der Waals surface area contributed by atoms with Crippen molar-refractivity contribution in [2.45, 2.75) is 26.3 Å². The molecule has 0 aliphatic rings. The number of ether oxygens (including phenoxy) is 2. The molecule has 2 N–H and O–H groups in total. The lowest BCUT2D eigenvalue weighted by Gasteiger charge is -2.23. The van der Waals surface area contributed by atoms with Gasteiger partial charge in [0.25, 0.3) is 0 Å². The number of nitrogens with zero attached hydrogens (tertiary/aromatic N) is 1. The summed E-state index contributed by atoms with van der Waals surface area (Å²) in [6, 6.07) is 6.63. The van der Waals surface area contributed by atoms with Gasteiger partial charge in [0, 0.05) is 39.9 Å². The molecule has 4 heteroatoms. The van der Waals surface area contributed by atoms with Crippen LogP contribution in [0.3, 0.4) is 0 Å². The first-order valence-corrected chi connectivity index (χ1v) is 7.60. The first-order chi connectivity index (χ1) is 10.1. The Balaban J connectivity index is 2.52. The molecule has 0 radical (unpaired) electrons. The smallest absolute Gasteiger partial charge is 0.0589 e. The summed E-state index contributed by atoms with van der Waals surface area (Å²) in [5.74, 6) is 0. The predicted octanol–water partition coefficient (Wildman–Crippen LogP) is 2.29. The Labute approximate surface area is 129 Å². The fourth-order valence-electron chi connectivity index (χ4n) is 2.49. The van der Waals surface area contributed by atoms with E-state index in [2.05, 4.69) is 36.9 Å². The molecule has 21 heavy (non-hydrogen) atoms. The normalized spacial score (nSPS) is 12.9. The summed E-state index contributed by atoms with van der Waals surface area (Å²) in [7, 11) is 3.46. The molecule has 1 aromatic carbocycles. The summed E-state index contributed by atoms with van der Waals surface area (Å²) < 4.78 is 10.3. The molecule has 0 spiro atoms.